The highest BCUT2D eigenvalue weighted by molar-refractivity contribution is 7.80. The Hall–Kier alpha value is -0.980. The second-order valence-electron chi connectivity index (χ2n) is 2.87. The molecule has 64 valence electrons. The molecule has 0 saturated heterocycles. The minimum Gasteiger partial charge on any atom is -0.192 e. The van der Waals surface area contributed by atoms with Crippen LogP contribution in [0.15, 0.2) is 23.1 Å². The number of thiophene rings is 1. The molecule has 0 bridgehead atoms. The molecule has 3 heteroatoms. The van der Waals surface area contributed by atoms with Crippen LogP contribution in [0.2, 0.25) is 0 Å². The fourth-order valence-electron chi connectivity index (χ4n) is 1.24. The zero-order valence-corrected chi connectivity index (χ0v) is 8.75. The highest BCUT2D eigenvalue weighted by Crippen LogP contribution is 2.32. The molecular weight excluding hydrogens is 198 g/mol. The van der Waals surface area contributed by atoms with Crippen molar-refractivity contribution in [2.45, 2.75) is 11.8 Å². The van der Waals surface area contributed by atoms with Crippen molar-refractivity contribution >= 4 is 34.1 Å². The molecule has 0 aliphatic rings. The van der Waals surface area contributed by atoms with Gasteiger partial charge in [0.05, 0.1) is 0 Å². The lowest BCUT2D eigenvalue weighted by molar-refractivity contribution is 1.37. The average molecular weight is 205 g/mol. The molecule has 1 aromatic heterocycles. The smallest absolute Gasteiger partial charge is 0.110 e. The van der Waals surface area contributed by atoms with Crippen LogP contribution in [0.1, 0.15) is 10.4 Å². The summed E-state index contributed by atoms with van der Waals surface area (Å²) in [5.74, 6) is 0. The van der Waals surface area contributed by atoms with Crippen LogP contribution in [0.25, 0.3) is 10.1 Å². The van der Waals surface area contributed by atoms with Gasteiger partial charge in [-0.25, -0.2) is 0 Å². The van der Waals surface area contributed by atoms with E-state index in [2.05, 4.69) is 18.7 Å². The van der Waals surface area contributed by atoms with E-state index >= 15 is 0 Å². The van der Waals surface area contributed by atoms with Gasteiger partial charge < -0.3 is 0 Å². The third kappa shape index (κ3) is 1.32. The van der Waals surface area contributed by atoms with Crippen molar-refractivity contribution in [3.05, 3.63) is 28.6 Å². The van der Waals surface area contributed by atoms with Crippen LogP contribution in [-0.2, 0) is 0 Å². The predicted molar refractivity (Wildman–Crippen MR) is 58.5 cm³/mol. The highest BCUT2D eigenvalue weighted by Gasteiger charge is 2.05. The number of fused-ring (bicyclic) bond motifs is 1. The summed E-state index contributed by atoms with van der Waals surface area (Å²) >= 11 is 5.92. The number of nitrogens with zero attached hydrogens (tertiary/aromatic N) is 1. The lowest BCUT2D eigenvalue weighted by Gasteiger charge is -1.98. The summed E-state index contributed by atoms with van der Waals surface area (Å²) in [5.41, 5.74) is 1.15. The average Bonchev–Trinajstić information content (AvgIpc) is 2.55. The fourth-order valence-corrected chi connectivity index (χ4v) is 2.54. The fraction of sp³-hybridized carbons (Fsp3) is 0.100. The maximum absolute atomic E-state index is 8.73. The number of benzene rings is 1. The topological polar surface area (TPSA) is 23.8 Å². The van der Waals surface area contributed by atoms with Crippen LogP contribution in [0.3, 0.4) is 0 Å². The molecule has 1 heterocycles. The Bertz CT molecular complexity index is 505. The summed E-state index contributed by atoms with van der Waals surface area (Å²) in [6.07, 6.45) is 0. The first kappa shape index (κ1) is 8.61. The van der Waals surface area contributed by atoms with Crippen molar-refractivity contribution in [1.82, 2.24) is 0 Å². The molecule has 0 spiro atoms. The van der Waals surface area contributed by atoms with Crippen molar-refractivity contribution in [2.75, 3.05) is 0 Å². The molecule has 0 radical (unpaired) electrons. The Morgan fingerprint density at radius 2 is 2.23 bits per heavy atom. The van der Waals surface area contributed by atoms with Gasteiger partial charge in [-0.1, -0.05) is 12.1 Å². The van der Waals surface area contributed by atoms with Crippen LogP contribution in [0.5, 0.6) is 0 Å². The Morgan fingerprint density at radius 1 is 1.46 bits per heavy atom. The molecule has 1 aromatic carbocycles. The lowest BCUT2D eigenvalue weighted by Crippen LogP contribution is -1.73. The Morgan fingerprint density at radius 3 is 2.92 bits per heavy atom. The van der Waals surface area contributed by atoms with Gasteiger partial charge in [0.25, 0.3) is 0 Å². The first-order chi connectivity index (χ1) is 6.22. The van der Waals surface area contributed by atoms with E-state index in [-0.39, 0.29) is 0 Å². The van der Waals surface area contributed by atoms with E-state index in [1.807, 2.05) is 25.1 Å². The first-order valence-electron chi connectivity index (χ1n) is 3.84. The standard InChI is InChI=1S/C10H7NS2/c1-6-2-3-7-4-8(5-11)13-10(7)9(6)12/h2-4,12H,1H3. The van der Waals surface area contributed by atoms with Gasteiger partial charge in [-0.15, -0.1) is 24.0 Å². The molecule has 0 fully saturated rings. The minimum atomic E-state index is 0.746. The van der Waals surface area contributed by atoms with Crippen LogP contribution in [0, 0.1) is 18.3 Å². The van der Waals surface area contributed by atoms with Crippen molar-refractivity contribution in [3.63, 3.8) is 0 Å². The maximum Gasteiger partial charge on any atom is 0.110 e. The Labute approximate surface area is 86.0 Å². The number of hydrogen-bond donors (Lipinski definition) is 1. The summed E-state index contributed by atoms with van der Waals surface area (Å²) in [6, 6.07) is 8.11. The van der Waals surface area contributed by atoms with E-state index in [0.29, 0.717) is 0 Å². The van der Waals surface area contributed by atoms with E-state index in [0.717, 1.165) is 25.4 Å². The van der Waals surface area contributed by atoms with Gasteiger partial charge in [0, 0.05) is 9.60 Å². The molecular formula is C10H7NS2. The minimum absolute atomic E-state index is 0.746. The van der Waals surface area contributed by atoms with E-state index in [1.54, 1.807) is 0 Å². The van der Waals surface area contributed by atoms with Crippen LogP contribution in [0.4, 0.5) is 0 Å². The number of aryl methyl sites for hydroxylation is 1. The summed E-state index contributed by atoms with van der Waals surface area (Å²) in [4.78, 5) is 1.74. The monoisotopic (exact) mass is 205 g/mol. The third-order valence-corrected chi connectivity index (χ3v) is 3.77. The van der Waals surface area contributed by atoms with Gasteiger partial charge in [0.15, 0.2) is 0 Å². The Balaban J connectivity index is 2.86. The SMILES string of the molecule is Cc1ccc2cc(C#N)sc2c1S. The van der Waals surface area contributed by atoms with Gasteiger partial charge >= 0.3 is 0 Å². The van der Waals surface area contributed by atoms with Gasteiger partial charge in [-0.3, -0.25) is 0 Å². The molecule has 1 nitrogen and oxygen atoms in total. The van der Waals surface area contributed by atoms with E-state index in [4.69, 9.17) is 5.26 Å². The van der Waals surface area contributed by atoms with E-state index < -0.39 is 0 Å². The maximum atomic E-state index is 8.73. The molecule has 0 aliphatic carbocycles. The zero-order valence-electron chi connectivity index (χ0n) is 7.03. The second-order valence-corrected chi connectivity index (χ2v) is 4.37. The number of nitriles is 1. The quantitative estimate of drug-likeness (QED) is 0.655. The van der Waals surface area contributed by atoms with E-state index in [9.17, 15) is 0 Å². The van der Waals surface area contributed by atoms with Crippen molar-refractivity contribution in [3.8, 4) is 6.07 Å². The summed E-state index contributed by atoms with van der Waals surface area (Å²) < 4.78 is 1.11. The van der Waals surface area contributed by atoms with Gasteiger partial charge in [0.2, 0.25) is 0 Å². The predicted octanol–water partition coefficient (Wildman–Crippen LogP) is 3.37. The van der Waals surface area contributed by atoms with Gasteiger partial charge in [0.1, 0.15) is 10.9 Å². The van der Waals surface area contributed by atoms with Gasteiger partial charge in [-0.05, 0) is 23.9 Å². The highest BCUT2D eigenvalue weighted by atomic mass is 32.1. The first-order valence-corrected chi connectivity index (χ1v) is 5.11. The number of hydrogen-bond acceptors (Lipinski definition) is 3. The van der Waals surface area contributed by atoms with Crippen molar-refractivity contribution in [1.29, 1.82) is 5.26 Å². The van der Waals surface area contributed by atoms with Crippen LogP contribution < -0.4 is 0 Å². The molecule has 0 unspecified atom stereocenters. The summed E-state index contributed by atoms with van der Waals surface area (Å²) in [7, 11) is 0. The summed E-state index contributed by atoms with van der Waals surface area (Å²) in [6.45, 7) is 2.02. The number of rotatable bonds is 0. The third-order valence-electron chi connectivity index (χ3n) is 1.97. The van der Waals surface area contributed by atoms with Gasteiger partial charge in [-0.2, -0.15) is 5.26 Å². The molecule has 0 amide bonds. The molecule has 13 heavy (non-hydrogen) atoms. The summed E-state index contributed by atoms with van der Waals surface area (Å²) in [5, 5.41) is 9.84. The Kier molecular flexibility index (Phi) is 2.03. The van der Waals surface area contributed by atoms with Crippen molar-refractivity contribution in [2.24, 2.45) is 0 Å². The lowest BCUT2D eigenvalue weighted by atomic mass is 10.2. The molecule has 2 rings (SSSR count). The molecule has 0 N–H and O–H groups in total. The molecule has 0 saturated carbocycles. The van der Waals surface area contributed by atoms with Crippen molar-refractivity contribution < 1.29 is 0 Å². The largest absolute Gasteiger partial charge is 0.192 e. The number of thiol groups is 1. The van der Waals surface area contributed by atoms with E-state index in [1.165, 1.54) is 11.3 Å². The molecule has 0 atom stereocenters. The second kappa shape index (κ2) is 3.06. The molecule has 2 aromatic rings. The normalized spacial score (nSPS) is 10.2. The van der Waals surface area contributed by atoms with Crippen LogP contribution in [-0.4, -0.2) is 0 Å². The zero-order chi connectivity index (χ0) is 9.42. The molecule has 0 aliphatic heterocycles. The van der Waals surface area contributed by atoms with Crippen LogP contribution >= 0.6 is 24.0 Å².